The Morgan fingerprint density at radius 3 is 2.56 bits per heavy atom. The van der Waals surface area contributed by atoms with Crippen molar-refractivity contribution in [2.24, 2.45) is 0 Å². The van der Waals surface area contributed by atoms with Crippen LogP contribution in [-0.2, 0) is 13.0 Å². The number of halogens is 1. The summed E-state index contributed by atoms with van der Waals surface area (Å²) in [4.78, 5) is 18.3. The van der Waals surface area contributed by atoms with E-state index in [0.29, 0.717) is 17.5 Å². The molecule has 5 rings (SSSR count). The van der Waals surface area contributed by atoms with Gasteiger partial charge in [0.2, 0.25) is 5.82 Å². The molecule has 9 heteroatoms. The van der Waals surface area contributed by atoms with Crippen molar-refractivity contribution in [1.29, 1.82) is 0 Å². The molecule has 0 bridgehead atoms. The van der Waals surface area contributed by atoms with Crippen LogP contribution in [0.5, 0.6) is 0 Å². The average Bonchev–Trinajstić information content (AvgIpc) is 3.53. The lowest BCUT2D eigenvalue weighted by Crippen LogP contribution is -2.29. The second kappa shape index (κ2) is 11.2. The maximum Gasteiger partial charge on any atom is 0.330 e. The number of rotatable bonds is 9. The second-order valence-corrected chi connectivity index (χ2v) is 9.92. The molecule has 188 valence electrons. The SMILES string of the molecule is CCCCCc1c(Cl)n(C2CCCCC2)c(=O)n1Cc1ccc(-c2ccccc2-c2nn[nH]n2)nc1. The van der Waals surface area contributed by atoms with Gasteiger partial charge in [0, 0.05) is 23.4 Å². The number of H-pyrrole nitrogens is 1. The lowest BCUT2D eigenvalue weighted by Gasteiger charge is -2.22. The predicted octanol–water partition coefficient (Wildman–Crippen LogP) is 5.83. The molecule has 1 aromatic carbocycles. The van der Waals surface area contributed by atoms with Crippen molar-refractivity contribution >= 4 is 11.6 Å². The zero-order valence-electron chi connectivity index (χ0n) is 20.7. The lowest BCUT2D eigenvalue weighted by atomic mass is 9.95. The van der Waals surface area contributed by atoms with E-state index in [-0.39, 0.29) is 11.7 Å². The van der Waals surface area contributed by atoms with Crippen LogP contribution in [-0.4, -0.2) is 34.7 Å². The molecular formula is C27H32ClN7O. The van der Waals surface area contributed by atoms with E-state index in [1.807, 2.05) is 51.7 Å². The standard InChI is InChI=1S/C27H32ClN7O/c1-2-3-5-14-24-25(28)35(20-10-6-4-7-11-20)27(36)34(24)18-19-15-16-23(29-17-19)21-12-8-9-13-22(21)26-30-32-33-31-26/h8-9,12-13,15-17,20H,2-7,10-11,14,18H2,1H3,(H,30,31,32,33). The Labute approximate surface area is 215 Å². The van der Waals surface area contributed by atoms with Crippen LogP contribution in [0.15, 0.2) is 47.4 Å². The normalized spacial score (nSPS) is 14.4. The molecule has 0 aliphatic heterocycles. The molecule has 8 nitrogen and oxygen atoms in total. The predicted molar refractivity (Wildman–Crippen MR) is 141 cm³/mol. The number of tetrazole rings is 1. The van der Waals surface area contributed by atoms with Crippen molar-refractivity contribution in [2.75, 3.05) is 0 Å². The molecular weight excluding hydrogens is 474 g/mol. The van der Waals surface area contributed by atoms with Gasteiger partial charge in [0.15, 0.2) is 0 Å². The maximum absolute atomic E-state index is 13.6. The molecule has 1 N–H and O–H groups in total. The summed E-state index contributed by atoms with van der Waals surface area (Å²) in [5.74, 6) is 0.526. The van der Waals surface area contributed by atoms with Crippen molar-refractivity contribution in [2.45, 2.75) is 77.3 Å². The fourth-order valence-corrected chi connectivity index (χ4v) is 5.62. The molecule has 0 spiro atoms. The van der Waals surface area contributed by atoms with Gasteiger partial charge >= 0.3 is 5.69 Å². The molecule has 0 atom stereocenters. The Bertz CT molecular complexity index is 1340. The third kappa shape index (κ3) is 5.00. The molecule has 0 unspecified atom stereocenters. The average molecular weight is 506 g/mol. The Hall–Kier alpha value is -3.26. The number of pyridine rings is 1. The van der Waals surface area contributed by atoms with Gasteiger partial charge in [0.25, 0.3) is 0 Å². The van der Waals surface area contributed by atoms with Gasteiger partial charge in [-0.1, -0.05) is 81.0 Å². The Morgan fingerprint density at radius 1 is 1.06 bits per heavy atom. The van der Waals surface area contributed by atoms with E-state index in [1.54, 1.807) is 0 Å². The minimum absolute atomic E-state index is 0.00456. The summed E-state index contributed by atoms with van der Waals surface area (Å²) in [5.41, 5.74) is 4.52. The highest BCUT2D eigenvalue weighted by Crippen LogP contribution is 2.32. The molecule has 1 fully saturated rings. The van der Waals surface area contributed by atoms with Gasteiger partial charge in [-0.2, -0.15) is 5.21 Å². The fourth-order valence-electron chi connectivity index (χ4n) is 5.22. The quantitative estimate of drug-likeness (QED) is 0.289. The van der Waals surface area contributed by atoms with Crippen molar-refractivity contribution in [3.63, 3.8) is 0 Å². The van der Waals surface area contributed by atoms with Crippen LogP contribution in [0.3, 0.4) is 0 Å². The molecule has 0 saturated heterocycles. The van der Waals surface area contributed by atoms with Crippen LogP contribution in [0.4, 0.5) is 0 Å². The smallest absolute Gasteiger partial charge is 0.290 e. The summed E-state index contributed by atoms with van der Waals surface area (Å²) in [6.45, 7) is 2.64. The Kier molecular flexibility index (Phi) is 7.60. The number of hydrogen-bond donors (Lipinski definition) is 1. The van der Waals surface area contributed by atoms with Gasteiger partial charge in [0.1, 0.15) is 5.15 Å². The zero-order chi connectivity index (χ0) is 24.9. The molecule has 0 radical (unpaired) electrons. The first-order chi connectivity index (χ1) is 17.7. The van der Waals surface area contributed by atoms with E-state index in [4.69, 9.17) is 16.6 Å². The van der Waals surface area contributed by atoms with E-state index in [1.165, 1.54) is 6.42 Å². The minimum Gasteiger partial charge on any atom is -0.290 e. The third-order valence-electron chi connectivity index (χ3n) is 7.12. The van der Waals surface area contributed by atoms with Crippen LogP contribution in [0, 0.1) is 0 Å². The molecule has 0 amide bonds. The number of imidazole rings is 1. The van der Waals surface area contributed by atoms with Crippen molar-refractivity contribution in [1.82, 2.24) is 34.7 Å². The lowest BCUT2D eigenvalue weighted by molar-refractivity contribution is 0.344. The molecule has 1 aliphatic carbocycles. The van der Waals surface area contributed by atoms with E-state index in [2.05, 4.69) is 27.5 Å². The summed E-state index contributed by atoms with van der Waals surface area (Å²) in [6.07, 6.45) is 11.5. The number of benzene rings is 1. The van der Waals surface area contributed by atoms with Crippen molar-refractivity contribution in [3.8, 4) is 22.6 Å². The number of aromatic nitrogens is 7. The molecule has 1 saturated carbocycles. The Balaban J connectivity index is 1.45. The Morgan fingerprint density at radius 2 is 1.86 bits per heavy atom. The number of nitrogens with zero attached hydrogens (tertiary/aromatic N) is 6. The number of unbranched alkanes of at least 4 members (excludes halogenated alkanes) is 2. The van der Waals surface area contributed by atoms with E-state index < -0.39 is 0 Å². The largest absolute Gasteiger partial charge is 0.330 e. The summed E-state index contributed by atoms with van der Waals surface area (Å²) >= 11 is 6.89. The highest BCUT2D eigenvalue weighted by molar-refractivity contribution is 6.30. The number of hydrogen-bond acceptors (Lipinski definition) is 5. The van der Waals surface area contributed by atoms with Gasteiger partial charge in [-0.15, -0.1) is 10.2 Å². The van der Waals surface area contributed by atoms with Gasteiger partial charge in [-0.05, 0) is 42.5 Å². The molecule has 1 aliphatic rings. The highest BCUT2D eigenvalue weighted by atomic mass is 35.5. The first kappa shape index (κ1) is 24.4. The van der Waals surface area contributed by atoms with Crippen molar-refractivity contribution in [3.05, 3.63) is 69.5 Å². The summed E-state index contributed by atoms with van der Waals surface area (Å²) < 4.78 is 3.74. The summed E-state index contributed by atoms with van der Waals surface area (Å²) in [6, 6.07) is 12.1. The van der Waals surface area contributed by atoms with Gasteiger partial charge < -0.3 is 0 Å². The minimum atomic E-state index is 0.00456. The van der Waals surface area contributed by atoms with Crippen molar-refractivity contribution < 1.29 is 0 Å². The van der Waals surface area contributed by atoms with Crippen LogP contribution in [0.2, 0.25) is 5.15 Å². The highest BCUT2D eigenvalue weighted by Gasteiger charge is 2.25. The first-order valence-electron chi connectivity index (χ1n) is 12.9. The summed E-state index contributed by atoms with van der Waals surface area (Å²) in [5, 5.41) is 15.0. The first-order valence-corrected chi connectivity index (χ1v) is 13.3. The van der Waals surface area contributed by atoms with Crippen LogP contribution >= 0.6 is 11.6 Å². The topological polar surface area (TPSA) is 94.3 Å². The second-order valence-electron chi connectivity index (χ2n) is 9.56. The van der Waals surface area contributed by atoms with E-state index in [0.717, 1.165) is 79.4 Å². The van der Waals surface area contributed by atoms with E-state index in [9.17, 15) is 4.79 Å². The molecule has 3 heterocycles. The van der Waals surface area contributed by atoms with Crippen LogP contribution in [0.25, 0.3) is 22.6 Å². The molecule has 3 aromatic heterocycles. The van der Waals surface area contributed by atoms with Gasteiger partial charge in [-0.25, -0.2) is 4.79 Å². The third-order valence-corrected chi connectivity index (χ3v) is 7.52. The molecule has 36 heavy (non-hydrogen) atoms. The maximum atomic E-state index is 13.6. The van der Waals surface area contributed by atoms with Crippen LogP contribution in [0.1, 0.15) is 75.6 Å². The molecule has 4 aromatic rings. The van der Waals surface area contributed by atoms with E-state index >= 15 is 0 Å². The fraction of sp³-hybridized carbons (Fsp3) is 0.444. The monoisotopic (exact) mass is 505 g/mol. The van der Waals surface area contributed by atoms with Gasteiger partial charge in [0.05, 0.1) is 17.9 Å². The van der Waals surface area contributed by atoms with Crippen LogP contribution < -0.4 is 5.69 Å². The zero-order valence-corrected chi connectivity index (χ0v) is 21.4. The number of nitrogens with one attached hydrogen (secondary N) is 1. The van der Waals surface area contributed by atoms with Gasteiger partial charge in [-0.3, -0.25) is 14.1 Å². The number of aromatic amines is 1. The summed E-state index contributed by atoms with van der Waals surface area (Å²) in [7, 11) is 0.